The topological polar surface area (TPSA) is 152 Å². The van der Waals surface area contributed by atoms with Crippen LogP contribution in [-0.2, 0) is 28.5 Å². The van der Waals surface area contributed by atoms with E-state index in [9.17, 15) is 30.0 Å². The second kappa shape index (κ2) is 30.7. The molecule has 0 spiro atoms. The Bertz CT molecular complexity index is 1090. The van der Waals surface area contributed by atoms with Crippen LogP contribution < -0.4 is 0 Å². The molecule has 0 bridgehead atoms. The number of aliphatic hydroxyl groups is 4. The van der Waals surface area contributed by atoms with Crippen molar-refractivity contribution >= 4 is 11.9 Å². The number of rotatable bonds is 27. The number of carbonyl (C=O) groups excluding carboxylic acids is 2. The summed E-state index contributed by atoms with van der Waals surface area (Å²) in [7, 11) is 0. The molecule has 10 heteroatoms. The van der Waals surface area contributed by atoms with Gasteiger partial charge in [-0.2, -0.15) is 0 Å². The summed E-state index contributed by atoms with van der Waals surface area (Å²) in [6, 6.07) is 0. The average molecular weight is 703 g/mol. The van der Waals surface area contributed by atoms with E-state index < -0.39 is 55.4 Å². The van der Waals surface area contributed by atoms with E-state index in [0.29, 0.717) is 12.8 Å². The quantitative estimate of drug-likeness (QED) is 0.0334. The van der Waals surface area contributed by atoms with Crippen molar-refractivity contribution in [2.75, 3.05) is 19.8 Å². The van der Waals surface area contributed by atoms with Crippen molar-refractivity contribution in [2.24, 2.45) is 0 Å². The Balaban J connectivity index is 2.50. The van der Waals surface area contributed by atoms with Crippen LogP contribution in [0.5, 0.6) is 0 Å². The molecule has 0 aliphatic carbocycles. The lowest BCUT2D eigenvalue weighted by molar-refractivity contribution is -0.305. The molecule has 0 amide bonds. The standard InChI is InChI=1S/C40H62O10/c1-3-5-7-9-11-13-15-17-19-21-23-25-27-29-36(43)49-33(32-48-40-39(46)38(45)37(44)34(30-41)50-40)31-47-35(42)28-26-24-22-20-18-16-14-12-10-8-6-4-2/h5-9,11-15,17-20,33-34,37-41,44-46H,3-4,10,16,21-32H2,1-2H3/b7-5+,8-6+,11-9+,14-12+,15-13+,19-17+,20-18+/t33?,34-,37+,38?,39?,40-/m0/s1. The summed E-state index contributed by atoms with van der Waals surface area (Å²) in [4.78, 5) is 25.1. The maximum Gasteiger partial charge on any atom is 0.306 e. The molecule has 0 aromatic heterocycles. The molecule has 3 unspecified atom stereocenters. The summed E-state index contributed by atoms with van der Waals surface area (Å²) >= 11 is 0. The Kier molecular flexibility index (Phi) is 27.6. The van der Waals surface area contributed by atoms with Gasteiger partial charge in [0.05, 0.1) is 13.2 Å². The van der Waals surface area contributed by atoms with Crippen LogP contribution in [0.2, 0.25) is 0 Å². The summed E-state index contributed by atoms with van der Waals surface area (Å²) in [6.07, 6.45) is 30.4. The summed E-state index contributed by atoms with van der Waals surface area (Å²) in [5.41, 5.74) is 0. The number of esters is 2. The zero-order valence-corrected chi connectivity index (χ0v) is 30.1. The van der Waals surface area contributed by atoms with Crippen LogP contribution in [0.4, 0.5) is 0 Å². The van der Waals surface area contributed by atoms with Crippen molar-refractivity contribution in [1.29, 1.82) is 0 Å². The van der Waals surface area contributed by atoms with Gasteiger partial charge in [0.2, 0.25) is 0 Å². The molecular formula is C40H62O10. The number of unbranched alkanes of at least 4 members (excludes halogenated alkanes) is 5. The number of ether oxygens (including phenoxy) is 4. The largest absolute Gasteiger partial charge is 0.462 e. The number of aliphatic hydroxyl groups excluding tert-OH is 4. The van der Waals surface area contributed by atoms with Gasteiger partial charge >= 0.3 is 11.9 Å². The van der Waals surface area contributed by atoms with E-state index in [4.69, 9.17) is 18.9 Å². The zero-order chi connectivity index (χ0) is 36.7. The van der Waals surface area contributed by atoms with E-state index in [-0.39, 0.29) is 26.1 Å². The fourth-order valence-corrected chi connectivity index (χ4v) is 4.74. The molecule has 6 atom stereocenters. The van der Waals surface area contributed by atoms with Gasteiger partial charge in [0.25, 0.3) is 0 Å². The third-order valence-electron chi connectivity index (χ3n) is 7.62. The lowest BCUT2D eigenvalue weighted by Crippen LogP contribution is -2.59. The molecule has 282 valence electrons. The molecule has 0 saturated carbocycles. The van der Waals surface area contributed by atoms with Gasteiger partial charge in [-0.3, -0.25) is 9.59 Å². The van der Waals surface area contributed by atoms with E-state index in [2.05, 4.69) is 62.5 Å². The van der Waals surface area contributed by atoms with Crippen LogP contribution in [0.25, 0.3) is 0 Å². The number of hydrogen-bond donors (Lipinski definition) is 4. The van der Waals surface area contributed by atoms with Gasteiger partial charge in [-0.15, -0.1) is 0 Å². The summed E-state index contributed by atoms with van der Waals surface area (Å²) in [5.74, 6) is -0.914. The molecule has 1 aliphatic heterocycles. The Morgan fingerprint density at radius 3 is 1.92 bits per heavy atom. The first kappa shape index (κ1) is 44.9. The van der Waals surface area contributed by atoms with E-state index >= 15 is 0 Å². The Morgan fingerprint density at radius 1 is 0.640 bits per heavy atom. The fourth-order valence-electron chi connectivity index (χ4n) is 4.74. The normalized spacial score (nSPS) is 22.4. The molecule has 1 fully saturated rings. The van der Waals surface area contributed by atoms with Gasteiger partial charge in [-0.1, -0.05) is 105 Å². The number of hydrogen-bond acceptors (Lipinski definition) is 10. The van der Waals surface area contributed by atoms with Gasteiger partial charge < -0.3 is 39.4 Å². The van der Waals surface area contributed by atoms with E-state index in [1.807, 2.05) is 36.5 Å². The Hall–Kier alpha value is -3.12. The first-order chi connectivity index (χ1) is 24.3. The minimum absolute atomic E-state index is 0.170. The van der Waals surface area contributed by atoms with Gasteiger partial charge in [-0.25, -0.2) is 0 Å². The predicted octanol–water partition coefficient (Wildman–Crippen LogP) is 6.26. The van der Waals surface area contributed by atoms with Crippen molar-refractivity contribution < 1.29 is 49.0 Å². The summed E-state index contributed by atoms with van der Waals surface area (Å²) in [5, 5.41) is 39.8. The van der Waals surface area contributed by atoms with Crippen LogP contribution in [-0.4, -0.2) is 89.0 Å². The molecule has 0 radical (unpaired) electrons. The molecule has 0 aromatic carbocycles. The predicted molar refractivity (Wildman–Crippen MR) is 196 cm³/mol. The van der Waals surface area contributed by atoms with Crippen molar-refractivity contribution in [3.63, 3.8) is 0 Å². The highest BCUT2D eigenvalue weighted by Gasteiger charge is 2.44. The molecule has 0 aromatic rings. The minimum Gasteiger partial charge on any atom is -0.462 e. The minimum atomic E-state index is -1.61. The molecule has 50 heavy (non-hydrogen) atoms. The molecule has 4 N–H and O–H groups in total. The molecule has 1 rings (SSSR count). The van der Waals surface area contributed by atoms with E-state index in [0.717, 1.165) is 57.8 Å². The monoisotopic (exact) mass is 702 g/mol. The van der Waals surface area contributed by atoms with Gasteiger partial charge in [0.1, 0.15) is 31.0 Å². The second-order valence-electron chi connectivity index (χ2n) is 12.0. The fraction of sp³-hybridized carbons (Fsp3) is 0.600. The zero-order valence-electron chi connectivity index (χ0n) is 30.1. The summed E-state index contributed by atoms with van der Waals surface area (Å²) < 4.78 is 21.9. The number of carbonyl (C=O) groups is 2. The molecule has 1 aliphatic rings. The van der Waals surface area contributed by atoms with Crippen LogP contribution in [0.3, 0.4) is 0 Å². The summed E-state index contributed by atoms with van der Waals surface area (Å²) in [6.45, 7) is 3.03. The first-order valence-corrected chi connectivity index (χ1v) is 18.2. The van der Waals surface area contributed by atoms with Gasteiger partial charge in [-0.05, 0) is 64.2 Å². The van der Waals surface area contributed by atoms with Crippen molar-refractivity contribution in [1.82, 2.24) is 0 Å². The smallest absolute Gasteiger partial charge is 0.306 e. The molecule has 1 heterocycles. The third-order valence-corrected chi connectivity index (χ3v) is 7.62. The Morgan fingerprint density at radius 2 is 1.22 bits per heavy atom. The maximum absolute atomic E-state index is 12.7. The maximum atomic E-state index is 12.7. The van der Waals surface area contributed by atoms with Crippen molar-refractivity contribution in [2.45, 2.75) is 134 Å². The van der Waals surface area contributed by atoms with Gasteiger partial charge in [0, 0.05) is 12.8 Å². The highest BCUT2D eigenvalue weighted by atomic mass is 16.7. The van der Waals surface area contributed by atoms with Crippen LogP contribution >= 0.6 is 0 Å². The lowest BCUT2D eigenvalue weighted by Gasteiger charge is -2.39. The van der Waals surface area contributed by atoms with Crippen LogP contribution in [0.15, 0.2) is 85.1 Å². The molecule has 10 nitrogen and oxygen atoms in total. The van der Waals surface area contributed by atoms with E-state index in [1.54, 1.807) is 0 Å². The SMILES string of the molecule is CC/C=C/C=C/C=C/C=C/CCCCCC(=O)OC(COC(=O)CCCC/C=C/C/C=C/C/C=C/CC)CO[C@H]1O[C@@H](CO)[C@@H](O)C(O)C1O. The lowest BCUT2D eigenvalue weighted by atomic mass is 9.99. The van der Waals surface area contributed by atoms with Gasteiger partial charge in [0.15, 0.2) is 12.4 Å². The van der Waals surface area contributed by atoms with Crippen molar-refractivity contribution in [3.05, 3.63) is 85.1 Å². The second-order valence-corrected chi connectivity index (χ2v) is 12.0. The van der Waals surface area contributed by atoms with Crippen molar-refractivity contribution in [3.8, 4) is 0 Å². The average Bonchev–Trinajstić information content (AvgIpc) is 3.11. The number of allylic oxidation sites excluding steroid dienone is 14. The highest BCUT2D eigenvalue weighted by Crippen LogP contribution is 2.22. The van der Waals surface area contributed by atoms with E-state index in [1.165, 1.54) is 0 Å². The Labute approximate surface area is 299 Å². The third kappa shape index (κ3) is 22.6. The van der Waals surface area contributed by atoms with Crippen LogP contribution in [0, 0.1) is 0 Å². The van der Waals surface area contributed by atoms with Crippen LogP contribution in [0.1, 0.15) is 97.3 Å². The molecular weight excluding hydrogens is 640 g/mol. The first-order valence-electron chi connectivity index (χ1n) is 18.2. The molecule has 1 saturated heterocycles. The highest BCUT2D eigenvalue weighted by molar-refractivity contribution is 5.70.